The fourth-order valence-corrected chi connectivity index (χ4v) is 5.78. The quantitative estimate of drug-likeness (QED) is 0.151. The van der Waals surface area contributed by atoms with Crippen LogP contribution in [0.1, 0.15) is 33.9 Å². The molecule has 1 aliphatic rings. The first-order valence-corrected chi connectivity index (χ1v) is 12.9. The summed E-state index contributed by atoms with van der Waals surface area (Å²) in [5.41, 5.74) is 7.88. The summed E-state index contributed by atoms with van der Waals surface area (Å²) in [4.78, 5) is 15.1. The molecule has 3 aromatic carbocycles. The Morgan fingerprint density at radius 2 is 1.74 bits per heavy atom. The van der Waals surface area contributed by atoms with Gasteiger partial charge in [-0.05, 0) is 53.8 Å². The molecular weight excluding hydrogens is 555 g/mol. The first-order chi connectivity index (χ1) is 17.9. The highest BCUT2D eigenvalue weighted by Gasteiger charge is 2.27. The van der Waals surface area contributed by atoms with Crippen molar-refractivity contribution in [2.24, 2.45) is 5.73 Å². The van der Waals surface area contributed by atoms with Crippen molar-refractivity contribution in [1.29, 1.82) is 10.8 Å². The molecule has 1 fully saturated rings. The lowest BCUT2D eigenvalue weighted by atomic mass is 9.95. The number of ether oxygens (including phenoxy) is 1. The zero-order chi connectivity index (χ0) is 25.9. The monoisotopic (exact) mass is 584 g/mol. The maximum absolute atomic E-state index is 12.1. The number of thiophene rings is 1. The summed E-state index contributed by atoms with van der Waals surface area (Å²) in [5, 5.41) is 27.0. The third-order valence-corrected chi connectivity index (χ3v) is 7.81. The predicted molar refractivity (Wildman–Crippen MR) is 162 cm³/mol. The molecule has 0 saturated carbocycles. The molecule has 5 N–H and O–H groups in total. The standard InChI is InChI=1S/C29H28N4O3S.2ClH/c30-27(31)20-8-11-26-21(14-20)15-24(37-26)16-25(29(34)35)18-6-9-22(10-7-18)36-23-12-13-33(17-23)28(32)19-4-2-1-3-5-19;;/h1-11,14-15,23,25,32H,12-13,16-17H2,(H3,30,31)(H,34,35);2*1H/t23-,25?;;/m0../s1. The molecule has 4 aromatic rings. The molecule has 0 spiro atoms. The van der Waals surface area contributed by atoms with E-state index in [0.29, 0.717) is 30.1 Å². The van der Waals surface area contributed by atoms with Gasteiger partial charge in [-0.25, -0.2) is 0 Å². The molecule has 204 valence electrons. The van der Waals surface area contributed by atoms with E-state index < -0.39 is 11.9 Å². The topological polar surface area (TPSA) is 123 Å². The molecule has 0 aliphatic carbocycles. The number of nitrogens with one attached hydrogen (secondary N) is 2. The SMILES string of the molecule is Cl.Cl.N=C(N)c1ccc2sc(CC(C(=O)O)c3ccc(O[C@H]4CCN(C(=N)c5ccccc5)C4)cc3)cc2c1. The van der Waals surface area contributed by atoms with Gasteiger partial charge >= 0.3 is 5.97 Å². The Hall–Kier alpha value is -3.59. The zero-order valence-corrected chi connectivity index (χ0v) is 23.5. The number of nitrogens with two attached hydrogens (primary N) is 1. The normalized spacial score (nSPS) is 15.2. The fourth-order valence-electron chi connectivity index (χ4n) is 4.69. The van der Waals surface area contributed by atoms with Gasteiger partial charge in [-0.3, -0.25) is 15.6 Å². The molecule has 0 radical (unpaired) electrons. The summed E-state index contributed by atoms with van der Waals surface area (Å²) >= 11 is 1.56. The molecule has 1 unspecified atom stereocenters. The van der Waals surface area contributed by atoms with Gasteiger partial charge < -0.3 is 20.5 Å². The Labute approximate surface area is 243 Å². The van der Waals surface area contributed by atoms with Crippen molar-refractivity contribution in [3.05, 3.63) is 100 Å². The van der Waals surface area contributed by atoms with Crippen LogP contribution in [0.5, 0.6) is 5.75 Å². The number of nitrogens with zero attached hydrogens (tertiary/aromatic N) is 1. The molecule has 1 saturated heterocycles. The molecule has 5 rings (SSSR count). The summed E-state index contributed by atoms with van der Waals surface area (Å²) in [6.45, 7) is 1.41. The molecule has 7 nitrogen and oxygen atoms in total. The van der Waals surface area contributed by atoms with Crippen LogP contribution in [-0.4, -0.2) is 46.8 Å². The Morgan fingerprint density at radius 3 is 2.41 bits per heavy atom. The van der Waals surface area contributed by atoms with Crippen LogP contribution in [-0.2, 0) is 11.2 Å². The molecule has 0 amide bonds. The van der Waals surface area contributed by atoms with Gasteiger partial charge in [0.15, 0.2) is 0 Å². The van der Waals surface area contributed by atoms with Gasteiger partial charge in [-0.1, -0.05) is 42.5 Å². The van der Waals surface area contributed by atoms with E-state index in [1.165, 1.54) is 0 Å². The van der Waals surface area contributed by atoms with Gasteiger partial charge in [-0.15, -0.1) is 36.2 Å². The van der Waals surface area contributed by atoms with E-state index in [-0.39, 0.29) is 36.8 Å². The van der Waals surface area contributed by atoms with Crippen LogP contribution in [0.2, 0.25) is 0 Å². The Bertz CT molecular complexity index is 1460. The van der Waals surface area contributed by atoms with Gasteiger partial charge in [0.1, 0.15) is 23.5 Å². The van der Waals surface area contributed by atoms with E-state index in [1.54, 1.807) is 11.3 Å². The average Bonchev–Trinajstić information content (AvgIpc) is 3.54. The summed E-state index contributed by atoms with van der Waals surface area (Å²) in [5.74, 6) is -0.334. The molecule has 1 aromatic heterocycles. The minimum absolute atomic E-state index is 0. The molecule has 39 heavy (non-hydrogen) atoms. The van der Waals surface area contributed by atoms with Crippen molar-refractivity contribution in [2.75, 3.05) is 13.1 Å². The second-order valence-corrected chi connectivity index (χ2v) is 10.4. The van der Waals surface area contributed by atoms with Gasteiger partial charge in [0, 0.05) is 33.7 Å². The van der Waals surface area contributed by atoms with E-state index in [9.17, 15) is 9.90 Å². The van der Waals surface area contributed by atoms with Crippen LogP contribution in [0.15, 0.2) is 78.9 Å². The maximum atomic E-state index is 12.1. The van der Waals surface area contributed by atoms with Crippen molar-refractivity contribution in [2.45, 2.75) is 24.9 Å². The van der Waals surface area contributed by atoms with E-state index >= 15 is 0 Å². The van der Waals surface area contributed by atoms with Gasteiger partial charge in [0.25, 0.3) is 0 Å². The van der Waals surface area contributed by atoms with E-state index in [0.717, 1.165) is 39.1 Å². The summed E-state index contributed by atoms with van der Waals surface area (Å²) in [6, 6.07) is 24.6. The van der Waals surface area contributed by atoms with Crippen molar-refractivity contribution < 1.29 is 14.6 Å². The molecule has 2 heterocycles. The first kappa shape index (κ1) is 30.0. The van der Waals surface area contributed by atoms with Gasteiger partial charge in [0.2, 0.25) is 0 Å². The number of likely N-dealkylation sites (tertiary alicyclic amines) is 1. The summed E-state index contributed by atoms with van der Waals surface area (Å²) in [7, 11) is 0. The first-order valence-electron chi connectivity index (χ1n) is 12.1. The van der Waals surface area contributed by atoms with Crippen molar-refractivity contribution in [1.82, 2.24) is 4.90 Å². The molecule has 10 heteroatoms. The van der Waals surface area contributed by atoms with Crippen LogP contribution < -0.4 is 10.5 Å². The highest BCUT2D eigenvalue weighted by Crippen LogP contribution is 2.32. The third kappa shape index (κ3) is 6.89. The van der Waals surface area contributed by atoms with Crippen molar-refractivity contribution in [3.63, 3.8) is 0 Å². The summed E-state index contributed by atoms with van der Waals surface area (Å²) in [6.07, 6.45) is 1.18. The maximum Gasteiger partial charge on any atom is 0.311 e. The number of nitrogen functional groups attached to an aromatic ring is 1. The Kier molecular flexibility index (Phi) is 9.97. The number of benzene rings is 3. The smallest absolute Gasteiger partial charge is 0.311 e. The third-order valence-electron chi connectivity index (χ3n) is 6.68. The predicted octanol–water partition coefficient (Wildman–Crippen LogP) is 5.92. The van der Waals surface area contributed by atoms with Crippen molar-refractivity contribution in [3.8, 4) is 5.75 Å². The van der Waals surface area contributed by atoms with Crippen LogP contribution in [0.4, 0.5) is 0 Å². The van der Waals surface area contributed by atoms with Crippen LogP contribution in [0.3, 0.4) is 0 Å². The number of amidine groups is 2. The average molecular weight is 586 g/mol. The number of hydrogen-bond acceptors (Lipinski definition) is 5. The number of carbonyl (C=O) groups is 1. The second-order valence-electron chi connectivity index (χ2n) is 9.23. The minimum Gasteiger partial charge on any atom is -0.489 e. The van der Waals surface area contributed by atoms with E-state index in [1.807, 2.05) is 83.8 Å². The molecule has 0 bridgehead atoms. The van der Waals surface area contributed by atoms with E-state index in [4.69, 9.17) is 21.3 Å². The lowest BCUT2D eigenvalue weighted by molar-refractivity contribution is -0.138. The fraction of sp³-hybridized carbons (Fsp3) is 0.207. The number of hydrogen-bond donors (Lipinski definition) is 4. The summed E-state index contributed by atoms with van der Waals surface area (Å²) < 4.78 is 7.20. The minimum atomic E-state index is -0.874. The van der Waals surface area contributed by atoms with E-state index in [2.05, 4.69) is 0 Å². The zero-order valence-electron chi connectivity index (χ0n) is 21.0. The number of aliphatic carboxylic acids is 1. The van der Waals surface area contributed by atoms with Crippen LogP contribution in [0, 0.1) is 10.8 Å². The van der Waals surface area contributed by atoms with Crippen LogP contribution >= 0.6 is 36.2 Å². The lowest BCUT2D eigenvalue weighted by Gasteiger charge is -2.20. The Morgan fingerprint density at radius 1 is 1.03 bits per heavy atom. The van der Waals surface area contributed by atoms with Gasteiger partial charge in [-0.2, -0.15) is 0 Å². The largest absolute Gasteiger partial charge is 0.489 e. The number of fused-ring (bicyclic) bond motifs is 1. The number of carboxylic acids is 1. The highest BCUT2D eigenvalue weighted by atomic mass is 35.5. The number of rotatable bonds is 8. The number of carboxylic acid groups (broad SMARTS) is 1. The highest BCUT2D eigenvalue weighted by molar-refractivity contribution is 7.19. The Balaban J connectivity index is 0.00000210. The van der Waals surface area contributed by atoms with Crippen LogP contribution in [0.25, 0.3) is 10.1 Å². The second kappa shape index (κ2) is 13.0. The van der Waals surface area contributed by atoms with Gasteiger partial charge in [0.05, 0.1) is 12.5 Å². The number of halogens is 2. The molecule has 1 aliphatic heterocycles. The lowest BCUT2D eigenvalue weighted by Crippen LogP contribution is -2.30. The molecular formula is C29H30Cl2N4O3S. The molecule has 2 atom stereocenters. The van der Waals surface area contributed by atoms with Crippen molar-refractivity contribution >= 4 is 63.9 Å².